The van der Waals surface area contributed by atoms with E-state index in [9.17, 15) is 0 Å². The minimum absolute atomic E-state index is 0.00880. The summed E-state index contributed by atoms with van der Waals surface area (Å²) >= 11 is 1.75. The molecule has 4 rings (SSSR count). The van der Waals surface area contributed by atoms with Crippen LogP contribution in [0.5, 0.6) is 0 Å². The Bertz CT molecular complexity index is 1040. The van der Waals surface area contributed by atoms with Gasteiger partial charge in [0, 0.05) is 28.9 Å². The SMILES string of the molecule is CSc1ccc(C(c2nccc3ccccc23)n2ccnc2)cc1.O=[N+]([O-])O. The minimum Gasteiger partial charge on any atom is -0.328 e. The second-order valence-electron chi connectivity index (χ2n) is 5.84. The summed E-state index contributed by atoms with van der Waals surface area (Å²) in [4.78, 5) is 18.6. The average Bonchev–Trinajstić information content (AvgIpc) is 3.23. The maximum Gasteiger partial charge on any atom is 0.291 e. The first kappa shape index (κ1) is 19.4. The molecule has 0 spiro atoms. The first-order valence-electron chi connectivity index (χ1n) is 8.38. The summed E-state index contributed by atoms with van der Waals surface area (Å²) in [5.41, 5.74) is 2.25. The van der Waals surface area contributed by atoms with Gasteiger partial charge in [-0.05, 0) is 35.4 Å². The predicted molar refractivity (Wildman–Crippen MR) is 108 cm³/mol. The van der Waals surface area contributed by atoms with E-state index in [1.807, 2.05) is 24.9 Å². The Morgan fingerprint density at radius 3 is 2.46 bits per heavy atom. The highest BCUT2D eigenvalue weighted by molar-refractivity contribution is 7.98. The van der Waals surface area contributed by atoms with E-state index in [0.29, 0.717) is 0 Å². The van der Waals surface area contributed by atoms with Gasteiger partial charge in [-0.1, -0.05) is 36.4 Å². The molecule has 0 radical (unpaired) electrons. The Labute approximate surface area is 165 Å². The van der Waals surface area contributed by atoms with E-state index in [4.69, 9.17) is 20.3 Å². The van der Waals surface area contributed by atoms with E-state index in [0.717, 1.165) is 5.69 Å². The van der Waals surface area contributed by atoms with Crippen LogP contribution in [0.3, 0.4) is 0 Å². The van der Waals surface area contributed by atoms with Gasteiger partial charge in [-0.15, -0.1) is 21.9 Å². The summed E-state index contributed by atoms with van der Waals surface area (Å²) in [6.07, 6.45) is 9.65. The van der Waals surface area contributed by atoms with Crippen LogP contribution in [0.15, 0.2) is 84.4 Å². The highest BCUT2D eigenvalue weighted by atomic mass is 32.2. The number of pyridine rings is 1. The largest absolute Gasteiger partial charge is 0.328 e. The first-order chi connectivity index (χ1) is 13.6. The average molecular weight is 394 g/mol. The molecule has 0 aliphatic carbocycles. The molecule has 0 amide bonds. The van der Waals surface area contributed by atoms with Crippen LogP contribution in [-0.4, -0.2) is 31.1 Å². The molecule has 0 fully saturated rings. The van der Waals surface area contributed by atoms with Crippen molar-refractivity contribution < 1.29 is 10.3 Å². The molecule has 7 nitrogen and oxygen atoms in total. The highest BCUT2D eigenvalue weighted by Gasteiger charge is 2.19. The van der Waals surface area contributed by atoms with Crippen molar-refractivity contribution in [2.75, 3.05) is 6.26 Å². The van der Waals surface area contributed by atoms with Crippen LogP contribution < -0.4 is 0 Å². The second kappa shape index (κ2) is 9.01. The molecule has 2 aromatic carbocycles. The van der Waals surface area contributed by atoms with Crippen LogP contribution in [0.4, 0.5) is 0 Å². The molecule has 0 aliphatic heterocycles. The number of hydrogen-bond donors (Lipinski definition) is 1. The summed E-state index contributed by atoms with van der Waals surface area (Å²) in [6.45, 7) is 0. The van der Waals surface area contributed by atoms with Crippen LogP contribution in [0.1, 0.15) is 17.3 Å². The number of fused-ring (bicyclic) bond motifs is 1. The zero-order valence-electron chi connectivity index (χ0n) is 15.0. The molecule has 2 aromatic heterocycles. The summed E-state index contributed by atoms with van der Waals surface area (Å²) in [7, 11) is 0. The molecule has 0 saturated carbocycles. The van der Waals surface area contributed by atoms with Crippen LogP contribution in [0.2, 0.25) is 0 Å². The molecule has 8 heteroatoms. The molecule has 0 saturated heterocycles. The van der Waals surface area contributed by atoms with Crippen molar-refractivity contribution in [3.63, 3.8) is 0 Å². The number of aromatic nitrogens is 3. The lowest BCUT2D eigenvalue weighted by Gasteiger charge is -2.20. The summed E-state index contributed by atoms with van der Waals surface area (Å²) in [5, 5.41) is 16.0. The van der Waals surface area contributed by atoms with Gasteiger partial charge in [0.1, 0.15) is 6.04 Å². The lowest BCUT2D eigenvalue weighted by atomic mass is 9.98. The van der Waals surface area contributed by atoms with Crippen molar-refractivity contribution in [1.82, 2.24) is 14.5 Å². The van der Waals surface area contributed by atoms with E-state index in [2.05, 4.69) is 70.4 Å². The van der Waals surface area contributed by atoms with Crippen LogP contribution in [-0.2, 0) is 0 Å². The molecule has 28 heavy (non-hydrogen) atoms. The van der Waals surface area contributed by atoms with Gasteiger partial charge in [0.05, 0.1) is 12.0 Å². The molecule has 1 N–H and O–H groups in total. The third-order valence-electron chi connectivity index (χ3n) is 4.22. The number of thioether (sulfide) groups is 1. The fraction of sp³-hybridized carbons (Fsp3) is 0.100. The lowest BCUT2D eigenvalue weighted by Crippen LogP contribution is -2.12. The number of imidazole rings is 1. The topological polar surface area (TPSA) is 94.1 Å². The smallest absolute Gasteiger partial charge is 0.291 e. The molecule has 4 aromatic rings. The fourth-order valence-electron chi connectivity index (χ4n) is 3.04. The lowest BCUT2D eigenvalue weighted by molar-refractivity contribution is -0.742. The molecular formula is C20H18N4O3S. The quantitative estimate of drug-likeness (QED) is 0.312. The minimum atomic E-state index is -1.50. The normalized spacial score (nSPS) is 11.5. The Balaban J connectivity index is 0.000000516. The van der Waals surface area contributed by atoms with E-state index < -0.39 is 5.09 Å². The standard InChI is InChI=1S/C20H17N3S.HNO3/c1-24-17-8-6-16(7-9-17)20(23-13-12-21-14-23)19-18-5-3-2-4-15(18)10-11-22-19;2-1(3)4/h2-14,20H,1H3;(H,2,3,4). The number of benzene rings is 2. The summed E-state index contributed by atoms with van der Waals surface area (Å²) in [5.74, 6) is 0. The van der Waals surface area contributed by atoms with Crippen molar-refractivity contribution in [3.8, 4) is 0 Å². The zero-order chi connectivity index (χ0) is 19.9. The number of rotatable bonds is 4. The van der Waals surface area contributed by atoms with Crippen molar-refractivity contribution >= 4 is 22.5 Å². The van der Waals surface area contributed by atoms with Gasteiger partial charge in [-0.3, -0.25) is 4.98 Å². The molecule has 2 heterocycles. The fourth-order valence-corrected chi connectivity index (χ4v) is 3.45. The highest BCUT2D eigenvalue weighted by Crippen LogP contribution is 2.31. The van der Waals surface area contributed by atoms with Gasteiger partial charge in [0.2, 0.25) is 0 Å². The molecule has 0 aliphatic rings. The molecule has 142 valence electrons. The van der Waals surface area contributed by atoms with Gasteiger partial charge in [0.25, 0.3) is 5.09 Å². The predicted octanol–water partition coefficient (Wildman–Crippen LogP) is 4.44. The van der Waals surface area contributed by atoms with Gasteiger partial charge in [-0.25, -0.2) is 4.98 Å². The number of nitrogens with zero attached hydrogens (tertiary/aromatic N) is 4. The Morgan fingerprint density at radius 1 is 1.11 bits per heavy atom. The van der Waals surface area contributed by atoms with Crippen LogP contribution in [0, 0.1) is 10.1 Å². The van der Waals surface area contributed by atoms with Gasteiger partial charge < -0.3 is 9.77 Å². The summed E-state index contributed by atoms with van der Waals surface area (Å²) in [6, 6.07) is 19.1. The zero-order valence-corrected chi connectivity index (χ0v) is 15.9. The van der Waals surface area contributed by atoms with Crippen LogP contribution in [0.25, 0.3) is 10.8 Å². The van der Waals surface area contributed by atoms with Crippen molar-refractivity contribution in [1.29, 1.82) is 0 Å². The van der Waals surface area contributed by atoms with E-state index in [1.54, 1.807) is 11.8 Å². The molecular weight excluding hydrogens is 376 g/mol. The van der Waals surface area contributed by atoms with Gasteiger partial charge >= 0.3 is 0 Å². The molecule has 1 unspecified atom stereocenters. The van der Waals surface area contributed by atoms with Crippen molar-refractivity contribution in [3.05, 3.63) is 101 Å². The van der Waals surface area contributed by atoms with E-state index in [-0.39, 0.29) is 6.04 Å². The Hall–Kier alpha value is -3.39. The number of hydrogen-bond acceptors (Lipinski definition) is 5. The maximum atomic E-state index is 8.36. The van der Waals surface area contributed by atoms with Crippen molar-refractivity contribution in [2.24, 2.45) is 0 Å². The summed E-state index contributed by atoms with van der Waals surface area (Å²) < 4.78 is 2.11. The third-order valence-corrected chi connectivity index (χ3v) is 4.96. The van der Waals surface area contributed by atoms with Crippen LogP contribution >= 0.6 is 11.8 Å². The molecule has 0 bridgehead atoms. The molecule has 1 atom stereocenters. The van der Waals surface area contributed by atoms with Gasteiger partial charge in [0.15, 0.2) is 0 Å². The third kappa shape index (κ3) is 4.47. The Morgan fingerprint density at radius 2 is 1.82 bits per heavy atom. The van der Waals surface area contributed by atoms with E-state index in [1.165, 1.54) is 21.2 Å². The first-order valence-corrected chi connectivity index (χ1v) is 9.61. The maximum absolute atomic E-state index is 8.36. The Kier molecular flexibility index (Phi) is 6.23. The van der Waals surface area contributed by atoms with Crippen molar-refractivity contribution in [2.45, 2.75) is 10.9 Å². The van der Waals surface area contributed by atoms with E-state index >= 15 is 0 Å². The van der Waals surface area contributed by atoms with Gasteiger partial charge in [-0.2, -0.15) is 0 Å². The second-order valence-corrected chi connectivity index (χ2v) is 6.72. The monoisotopic (exact) mass is 394 g/mol.